The Morgan fingerprint density at radius 1 is 1.12 bits per heavy atom. The van der Waals surface area contributed by atoms with Gasteiger partial charge >= 0.3 is 5.03 Å². The van der Waals surface area contributed by atoms with Gasteiger partial charge < -0.3 is 14.9 Å². The Bertz CT molecular complexity index is 902. The number of benzene rings is 2. The van der Waals surface area contributed by atoms with Crippen LogP contribution in [0.25, 0.3) is 6.08 Å². The van der Waals surface area contributed by atoms with E-state index in [1.165, 1.54) is 37.4 Å². The molecule has 0 saturated heterocycles. The summed E-state index contributed by atoms with van der Waals surface area (Å²) in [4.78, 5) is 9.93. The Morgan fingerprint density at radius 3 is 2.25 bits per heavy atom. The van der Waals surface area contributed by atoms with E-state index in [2.05, 4.69) is 0 Å². The van der Waals surface area contributed by atoms with Gasteiger partial charge in [-0.3, -0.25) is 10.1 Å². The van der Waals surface area contributed by atoms with Crippen molar-refractivity contribution >= 4 is 15.9 Å². The number of phenols is 2. The molecule has 0 atom stereocenters. The van der Waals surface area contributed by atoms with Crippen LogP contribution in [0.5, 0.6) is 17.2 Å². The summed E-state index contributed by atoms with van der Waals surface area (Å²) in [5.41, 5.74) is 0.0501. The first kappa shape index (κ1) is 17.3. The maximum Gasteiger partial charge on any atom is 0.364 e. The quantitative estimate of drug-likeness (QED) is 0.480. The molecule has 0 aromatic heterocycles. The third-order valence-corrected chi connectivity index (χ3v) is 4.82. The lowest BCUT2D eigenvalue weighted by Crippen LogP contribution is -2.12. The smallest absolute Gasteiger partial charge is 0.364 e. The zero-order chi connectivity index (χ0) is 17.9. The van der Waals surface area contributed by atoms with E-state index in [9.17, 15) is 28.7 Å². The Labute approximate surface area is 137 Å². The molecule has 0 aliphatic carbocycles. The predicted octanol–water partition coefficient (Wildman–Crippen LogP) is 2.16. The number of aromatic hydroxyl groups is 2. The van der Waals surface area contributed by atoms with E-state index >= 15 is 0 Å². The minimum absolute atomic E-state index is 0.0501. The highest BCUT2D eigenvalue weighted by Crippen LogP contribution is 2.28. The van der Waals surface area contributed by atoms with Gasteiger partial charge in [0.05, 0.1) is 16.9 Å². The second-order valence-corrected chi connectivity index (χ2v) is 6.56. The fraction of sp³-hybridized carbons (Fsp3) is 0.0667. The fourth-order valence-corrected chi connectivity index (χ4v) is 3.10. The van der Waals surface area contributed by atoms with Gasteiger partial charge in [-0.15, -0.1) is 0 Å². The number of rotatable bonds is 5. The first-order valence-electron chi connectivity index (χ1n) is 6.53. The van der Waals surface area contributed by atoms with Crippen LogP contribution in [0.2, 0.25) is 0 Å². The molecule has 0 fully saturated rings. The third-order valence-electron chi connectivity index (χ3n) is 3.11. The lowest BCUT2D eigenvalue weighted by atomic mass is 10.2. The summed E-state index contributed by atoms with van der Waals surface area (Å²) in [6, 6.07) is 8.48. The molecule has 0 saturated carbocycles. The number of sulfone groups is 1. The standard InChI is InChI=1S/C15H13NO7S/c1-23-11-3-5-12(6-4-11)24(21,22)15(16(19)20)9-10-2-7-13(17)14(18)8-10/h2-9,17-18H,1H3/b15-9+. The van der Waals surface area contributed by atoms with Gasteiger partial charge in [-0.1, -0.05) is 6.07 Å². The Hall–Kier alpha value is -3.07. The molecule has 9 heteroatoms. The van der Waals surface area contributed by atoms with Crippen molar-refractivity contribution in [2.24, 2.45) is 0 Å². The highest BCUT2D eigenvalue weighted by atomic mass is 32.2. The Balaban J connectivity index is 2.54. The molecule has 0 unspecified atom stereocenters. The van der Waals surface area contributed by atoms with Crippen LogP contribution in [0.4, 0.5) is 0 Å². The van der Waals surface area contributed by atoms with Crippen molar-refractivity contribution < 1.29 is 28.3 Å². The van der Waals surface area contributed by atoms with Crippen molar-refractivity contribution in [1.82, 2.24) is 0 Å². The van der Waals surface area contributed by atoms with E-state index in [1.54, 1.807) is 0 Å². The molecule has 0 bridgehead atoms. The van der Waals surface area contributed by atoms with Crippen LogP contribution in [0.3, 0.4) is 0 Å². The first-order chi connectivity index (χ1) is 11.3. The second-order valence-electron chi connectivity index (χ2n) is 4.67. The van der Waals surface area contributed by atoms with Crippen LogP contribution in [0.1, 0.15) is 5.56 Å². The van der Waals surface area contributed by atoms with Gasteiger partial charge in [-0.2, -0.15) is 0 Å². The van der Waals surface area contributed by atoms with Crippen LogP contribution >= 0.6 is 0 Å². The van der Waals surface area contributed by atoms with Crippen molar-refractivity contribution in [2.45, 2.75) is 4.90 Å². The van der Waals surface area contributed by atoms with Gasteiger partial charge in [-0.25, -0.2) is 8.42 Å². The molecule has 126 valence electrons. The fourth-order valence-electron chi connectivity index (χ4n) is 1.88. The van der Waals surface area contributed by atoms with Crippen molar-refractivity contribution in [3.8, 4) is 17.2 Å². The molecule has 8 nitrogen and oxygen atoms in total. The number of ether oxygens (including phenoxy) is 1. The Morgan fingerprint density at radius 2 is 1.75 bits per heavy atom. The molecule has 2 aromatic carbocycles. The number of hydrogen-bond acceptors (Lipinski definition) is 7. The van der Waals surface area contributed by atoms with Crippen molar-refractivity contribution in [2.75, 3.05) is 7.11 Å². The van der Waals surface area contributed by atoms with E-state index in [0.29, 0.717) is 5.75 Å². The minimum Gasteiger partial charge on any atom is -0.504 e. The molecule has 0 aliphatic rings. The van der Waals surface area contributed by atoms with Gasteiger partial charge in [0.15, 0.2) is 11.5 Å². The summed E-state index contributed by atoms with van der Waals surface area (Å²) >= 11 is 0. The number of methoxy groups -OCH3 is 1. The van der Waals surface area contributed by atoms with E-state index in [4.69, 9.17) is 4.74 Å². The zero-order valence-corrected chi connectivity index (χ0v) is 13.2. The molecule has 2 N–H and O–H groups in total. The molecule has 2 rings (SSSR count). The molecule has 24 heavy (non-hydrogen) atoms. The van der Waals surface area contributed by atoms with Crippen LogP contribution < -0.4 is 4.74 Å². The molecule has 0 amide bonds. The number of nitrogens with zero attached hydrogens (tertiary/aromatic N) is 1. The molecule has 0 radical (unpaired) electrons. The topological polar surface area (TPSA) is 127 Å². The maximum atomic E-state index is 12.5. The maximum absolute atomic E-state index is 12.5. The molecule has 0 aliphatic heterocycles. The number of nitro groups is 1. The summed E-state index contributed by atoms with van der Waals surface area (Å²) in [6.07, 6.45) is 0.804. The average Bonchev–Trinajstić information content (AvgIpc) is 2.55. The average molecular weight is 351 g/mol. The lowest BCUT2D eigenvalue weighted by molar-refractivity contribution is -0.410. The van der Waals surface area contributed by atoms with E-state index in [-0.39, 0.29) is 10.5 Å². The summed E-state index contributed by atoms with van der Waals surface area (Å²) in [5.74, 6) is -0.537. The largest absolute Gasteiger partial charge is 0.504 e. The van der Waals surface area contributed by atoms with Crippen molar-refractivity contribution in [3.63, 3.8) is 0 Å². The minimum atomic E-state index is -4.38. The van der Waals surface area contributed by atoms with Gasteiger partial charge in [-0.05, 0) is 42.0 Å². The molecule has 0 heterocycles. The SMILES string of the molecule is COc1ccc(S(=O)(=O)/C(=C/c2ccc(O)c(O)c2)[N+](=O)[O-])cc1. The summed E-state index contributed by atoms with van der Waals surface area (Å²) in [6.45, 7) is 0. The van der Waals surface area contributed by atoms with Crippen LogP contribution in [-0.4, -0.2) is 30.7 Å². The highest BCUT2D eigenvalue weighted by molar-refractivity contribution is 7.95. The van der Waals surface area contributed by atoms with Crippen LogP contribution in [-0.2, 0) is 9.84 Å². The summed E-state index contributed by atoms with van der Waals surface area (Å²) < 4.78 is 29.8. The molecular weight excluding hydrogens is 338 g/mol. The van der Waals surface area contributed by atoms with Crippen LogP contribution in [0, 0.1) is 10.1 Å². The van der Waals surface area contributed by atoms with Gasteiger partial charge in [0.2, 0.25) is 0 Å². The second kappa shape index (κ2) is 6.59. The summed E-state index contributed by atoms with van der Waals surface area (Å²) in [5, 5.41) is 28.8. The first-order valence-corrected chi connectivity index (χ1v) is 8.01. The molecule has 0 spiro atoms. The number of hydrogen-bond donors (Lipinski definition) is 2. The van der Waals surface area contributed by atoms with E-state index < -0.39 is 31.3 Å². The van der Waals surface area contributed by atoms with E-state index in [1.807, 2.05) is 0 Å². The molecular formula is C15H13NO7S. The van der Waals surface area contributed by atoms with Gasteiger partial charge in [0, 0.05) is 6.08 Å². The van der Waals surface area contributed by atoms with Gasteiger partial charge in [0.25, 0.3) is 9.84 Å². The van der Waals surface area contributed by atoms with Gasteiger partial charge in [0.1, 0.15) is 5.75 Å². The van der Waals surface area contributed by atoms with E-state index in [0.717, 1.165) is 18.2 Å². The van der Waals surface area contributed by atoms with Crippen molar-refractivity contribution in [1.29, 1.82) is 0 Å². The predicted molar refractivity (Wildman–Crippen MR) is 84.9 cm³/mol. The normalized spacial score (nSPS) is 12.0. The van der Waals surface area contributed by atoms with Crippen molar-refractivity contribution in [3.05, 3.63) is 63.2 Å². The Kier molecular flexibility index (Phi) is 4.74. The zero-order valence-electron chi connectivity index (χ0n) is 12.4. The highest BCUT2D eigenvalue weighted by Gasteiger charge is 2.31. The number of phenolic OH excluding ortho intramolecular Hbond substituents is 2. The summed E-state index contributed by atoms with van der Waals surface area (Å²) in [7, 11) is -2.98. The lowest BCUT2D eigenvalue weighted by Gasteiger charge is -2.04. The third kappa shape index (κ3) is 3.46. The monoisotopic (exact) mass is 351 g/mol. The van der Waals surface area contributed by atoms with Crippen LogP contribution in [0.15, 0.2) is 52.4 Å². The molecule has 2 aromatic rings.